The molecule has 4 heterocycles. The van der Waals surface area contributed by atoms with Crippen molar-refractivity contribution in [3.05, 3.63) is 89.9 Å². The number of urea groups is 1. The lowest BCUT2D eigenvalue weighted by atomic mass is 9.89. The molecule has 3 aliphatic rings. The van der Waals surface area contributed by atoms with Gasteiger partial charge in [0.1, 0.15) is 23.6 Å². The van der Waals surface area contributed by atoms with Crippen LogP contribution in [-0.2, 0) is 30.4 Å². The summed E-state index contributed by atoms with van der Waals surface area (Å²) in [7, 11) is 0. The molecule has 3 aliphatic heterocycles. The molecule has 5 amide bonds. The summed E-state index contributed by atoms with van der Waals surface area (Å²) in [6.45, 7) is 3.83. The highest BCUT2D eigenvalue weighted by molar-refractivity contribution is 6.12. The first-order valence-electron chi connectivity index (χ1n) is 19.0. The molecule has 56 heavy (non-hydrogen) atoms. The van der Waals surface area contributed by atoms with Crippen LogP contribution in [0.15, 0.2) is 66.9 Å². The SMILES string of the molecule is CC(CNC(=O)CCOCCN1C(=O)C=CC1=O)NC(=O)N(CC1CNCC1F)C(c1nc(-c2cc(F)ccc2F)cn1Cc1ccccc1)C1CCOCC1. The molecule has 13 nitrogen and oxygen atoms in total. The number of benzene rings is 2. The van der Waals surface area contributed by atoms with Crippen LogP contribution in [0.4, 0.5) is 18.0 Å². The van der Waals surface area contributed by atoms with Crippen LogP contribution in [0.2, 0.25) is 0 Å². The van der Waals surface area contributed by atoms with E-state index in [4.69, 9.17) is 14.5 Å². The number of imidazole rings is 1. The monoisotopic (exact) mass is 779 g/mol. The van der Waals surface area contributed by atoms with Crippen molar-refractivity contribution in [2.75, 3.05) is 59.2 Å². The van der Waals surface area contributed by atoms with Gasteiger partial charge in [0.15, 0.2) is 0 Å². The molecular formula is C40H48F3N7O6. The van der Waals surface area contributed by atoms with Crippen LogP contribution in [0.25, 0.3) is 11.3 Å². The van der Waals surface area contributed by atoms with Crippen molar-refractivity contribution >= 4 is 23.8 Å². The third-order valence-electron chi connectivity index (χ3n) is 10.3. The molecule has 0 aliphatic carbocycles. The lowest BCUT2D eigenvalue weighted by Crippen LogP contribution is -2.52. The van der Waals surface area contributed by atoms with Crippen molar-refractivity contribution < 1.29 is 41.8 Å². The van der Waals surface area contributed by atoms with Crippen LogP contribution in [0.1, 0.15) is 43.6 Å². The Morgan fingerprint density at radius 2 is 1.80 bits per heavy atom. The first kappa shape index (κ1) is 40.6. The number of rotatable bonds is 17. The highest BCUT2D eigenvalue weighted by Crippen LogP contribution is 2.38. The van der Waals surface area contributed by atoms with Crippen LogP contribution in [0.3, 0.4) is 0 Å². The Kier molecular flexibility index (Phi) is 13.9. The molecule has 2 saturated heterocycles. The molecule has 16 heteroatoms. The molecule has 0 bridgehead atoms. The Morgan fingerprint density at radius 3 is 2.52 bits per heavy atom. The molecule has 4 atom stereocenters. The van der Waals surface area contributed by atoms with Gasteiger partial charge in [0.2, 0.25) is 5.91 Å². The van der Waals surface area contributed by atoms with E-state index >= 15 is 8.78 Å². The van der Waals surface area contributed by atoms with Gasteiger partial charge >= 0.3 is 6.03 Å². The molecule has 2 fully saturated rings. The molecule has 0 spiro atoms. The van der Waals surface area contributed by atoms with Crippen molar-refractivity contribution in [3.8, 4) is 11.3 Å². The van der Waals surface area contributed by atoms with Gasteiger partial charge in [-0.05, 0) is 49.4 Å². The van der Waals surface area contributed by atoms with Crippen molar-refractivity contribution in [2.45, 2.75) is 51.0 Å². The largest absolute Gasteiger partial charge is 0.381 e. The van der Waals surface area contributed by atoms with Crippen molar-refractivity contribution in [1.82, 2.24) is 35.3 Å². The second kappa shape index (κ2) is 19.2. The normalized spacial score (nSPS) is 19.7. The van der Waals surface area contributed by atoms with Gasteiger partial charge in [0, 0.05) is 88.2 Å². The average Bonchev–Trinajstić information content (AvgIpc) is 3.89. The minimum Gasteiger partial charge on any atom is -0.381 e. The third kappa shape index (κ3) is 10.4. The van der Waals surface area contributed by atoms with Gasteiger partial charge in [-0.25, -0.2) is 22.9 Å². The summed E-state index contributed by atoms with van der Waals surface area (Å²) in [5.41, 5.74) is 1.10. The first-order valence-corrected chi connectivity index (χ1v) is 19.0. The molecule has 3 aromatic rings. The summed E-state index contributed by atoms with van der Waals surface area (Å²) in [4.78, 5) is 58.1. The summed E-state index contributed by atoms with van der Waals surface area (Å²) in [6, 6.07) is 11.0. The number of carbonyl (C=O) groups is 4. The standard InChI is InChI=1S/C40H48F3N7O6/c1-26(20-45-35(51)13-17-56-18-14-49-36(52)9-10-37(49)53)46-40(54)50(24-29-21-44-22-33(29)43)38(28-11-15-55-16-12-28)39-47-34(31-19-30(41)7-8-32(31)42)25-48(39)23-27-5-3-2-4-6-27/h2-10,19,25-26,28-29,33,38,44H,11-18,20-24H2,1H3,(H,45,51)(H,46,54). The quantitative estimate of drug-likeness (QED) is 0.139. The van der Waals surface area contributed by atoms with Crippen LogP contribution in [-0.4, -0.2) is 114 Å². The molecule has 3 N–H and O–H groups in total. The van der Waals surface area contributed by atoms with Gasteiger partial charge in [0.05, 0.1) is 31.5 Å². The lowest BCUT2D eigenvalue weighted by molar-refractivity contribution is -0.138. The van der Waals surface area contributed by atoms with Crippen LogP contribution < -0.4 is 16.0 Å². The number of aromatic nitrogens is 2. The number of hydrogen-bond acceptors (Lipinski definition) is 8. The minimum absolute atomic E-state index is 0.0175. The zero-order valence-electron chi connectivity index (χ0n) is 31.3. The third-order valence-corrected chi connectivity index (χ3v) is 10.3. The lowest BCUT2D eigenvalue weighted by Gasteiger charge is -2.40. The Labute approximate surface area is 323 Å². The van der Waals surface area contributed by atoms with E-state index in [-0.39, 0.29) is 68.9 Å². The zero-order chi connectivity index (χ0) is 39.6. The summed E-state index contributed by atoms with van der Waals surface area (Å²) in [5.74, 6) is -2.64. The fourth-order valence-electron chi connectivity index (χ4n) is 7.26. The maximum absolute atomic E-state index is 15.3. The predicted molar refractivity (Wildman–Crippen MR) is 200 cm³/mol. The number of alkyl halides is 1. The number of nitrogens with one attached hydrogen (secondary N) is 3. The molecule has 6 rings (SSSR count). The van der Waals surface area contributed by atoms with E-state index in [2.05, 4.69) is 16.0 Å². The number of carbonyl (C=O) groups excluding carboxylic acids is 4. The maximum Gasteiger partial charge on any atom is 0.318 e. The predicted octanol–water partition coefficient (Wildman–Crippen LogP) is 3.75. The van der Waals surface area contributed by atoms with E-state index in [9.17, 15) is 23.6 Å². The molecule has 0 saturated carbocycles. The van der Waals surface area contributed by atoms with Gasteiger partial charge in [-0.2, -0.15) is 0 Å². The summed E-state index contributed by atoms with van der Waals surface area (Å²) >= 11 is 0. The topological polar surface area (TPSA) is 147 Å². The van der Waals surface area contributed by atoms with Gasteiger partial charge in [-0.15, -0.1) is 0 Å². The zero-order valence-corrected chi connectivity index (χ0v) is 31.3. The maximum atomic E-state index is 15.3. The van der Waals surface area contributed by atoms with E-state index in [1.165, 1.54) is 12.2 Å². The fourth-order valence-corrected chi connectivity index (χ4v) is 7.26. The highest BCUT2D eigenvalue weighted by Gasteiger charge is 2.40. The van der Waals surface area contributed by atoms with E-state index < -0.39 is 53.7 Å². The number of halogens is 3. The van der Waals surface area contributed by atoms with Gasteiger partial charge < -0.3 is 34.9 Å². The highest BCUT2D eigenvalue weighted by atomic mass is 19.1. The number of hydrogen-bond donors (Lipinski definition) is 3. The molecule has 1 aromatic heterocycles. The van der Waals surface area contributed by atoms with Crippen LogP contribution in [0.5, 0.6) is 0 Å². The second-order valence-corrected chi connectivity index (χ2v) is 14.4. The molecule has 2 aromatic carbocycles. The number of imide groups is 1. The van der Waals surface area contributed by atoms with Crippen LogP contribution >= 0.6 is 0 Å². The Bertz CT molecular complexity index is 1850. The Hall–Kier alpha value is -5.06. The molecule has 4 unspecified atom stereocenters. The number of ether oxygens (including phenoxy) is 2. The summed E-state index contributed by atoms with van der Waals surface area (Å²) in [6.07, 6.45) is 4.02. The summed E-state index contributed by atoms with van der Waals surface area (Å²) < 4.78 is 58.0. The first-order chi connectivity index (χ1) is 27.1. The van der Waals surface area contributed by atoms with E-state index in [0.29, 0.717) is 45.0 Å². The van der Waals surface area contributed by atoms with Gasteiger partial charge in [-0.1, -0.05) is 30.3 Å². The molecule has 300 valence electrons. The second-order valence-electron chi connectivity index (χ2n) is 14.4. The molecular weight excluding hydrogens is 731 g/mol. The van der Waals surface area contributed by atoms with E-state index in [1.54, 1.807) is 18.0 Å². The Balaban J connectivity index is 1.21. The van der Waals surface area contributed by atoms with Crippen molar-refractivity contribution in [1.29, 1.82) is 0 Å². The van der Waals surface area contributed by atoms with Crippen LogP contribution in [0, 0.1) is 23.5 Å². The Morgan fingerprint density at radius 1 is 1.05 bits per heavy atom. The van der Waals surface area contributed by atoms with Gasteiger partial charge in [-0.3, -0.25) is 19.3 Å². The van der Waals surface area contributed by atoms with E-state index in [1.807, 2.05) is 34.9 Å². The van der Waals surface area contributed by atoms with Crippen molar-refractivity contribution in [2.24, 2.45) is 11.8 Å². The van der Waals surface area contributed by atoms with Gasteiger partial charge in [0.25, 0.3) is 11.8 Å². The average molecular weight is 780 g/mol. The number of nitrogens with zero attached hydrogens (tertiary/aromatic N) is 4. The minimum atomic E-state index is -1.20. The smallest absolute Gasteiger partial charge is 0.318 e. The fraction of sp³-hybridized carbons (Fsp3) is 0.475. The van der Waals surface area contributed by atoms with E-state index in [0.717, 1.165) is 28.7 Å². The van der Waals surface area contributed by atoms with Crippen molar-refractivity contribution in [3.63, 3.8) is 0 Å². The number of amides is 5. The summed E-state index contributed by atoms with van der Waals surface area (Å²) in [5, 5.41) is 8.87. The molecule has 0 radical (unpaired) electrons.